The van der Waals surface area contributed by atoms with Crippen molar-refractivity contribution < 1.29 is 9.47 Å². The molecular weight excluding hydrogens is 302 g/mol. The number of aromatic nitrogens is 2. The van der Waals surface area contributed by atoms with Crippen molar-refractivity contribution in [1.29, 1.82) is 0 Å². The Kier molecular flexibility index (Phi) is 4.83. The molecule has 5 heteroatoms. The number of fused-ring (bicyclic) bond motifs is 1. The van der Waals surface area contributed by atoms with Crippen LogP contribution < -0.4 is 0 Å². The Balaban J connectivity index is 1.43. The first-order valence-corrected chi connectivity index (χ1v) is 8.66. The van der Waals surface area contributed by atoms with Crippen molar-refractivity contribution in [2.75, 3.05) is 13.2 Å². The lowest BCUT2D eigenvalue weighted by atomic mass is 10.0. The second-order valence-corrected chi connectivity index (χ2v) is 6.51. The van der Waals surface area contributed by atoms with E-state index in [1.165, 1.54) is 6.42 Å². The molecule has 126 valence electrons. The molecule has 0 spiro atoms. The van der Waals surface area contributed by atoms with Crippen LogP contribution in [-0.4, -0.2) is 46.3 Å². The zero-order chi connectivity index (χ0) is 16.2. The maximum absolute atomic E-state index is 6.20. The average molecular weight is 325 g/mol. The molecule has 4 heterocycles. The Morgan fingerprint density at radius 3 is 3.04 bits per heavy atom. The average Bonchev–Trinajstić information content (AvgIpc) is 3.00. The highest BCUT2D eigenvalue weighted by Gasteiger charge is 2.44. The lowest BCUT2D eigenvalue weighted by molar-refractivity contribution is -0.0819. The van der Waals surface area contributed by atoms with Crippen molar-refractivity contribution in [3.05, 3.63) is 60.2 Å². The standard InChI is InChI=1S/C19H23N3O2/c1-2-9-21-16(6-1)12-22-13-18(19-17(22)7-4-10-23-19)24-14-15-5-3-8-20-11-15/h1-3,5-6,8-9,11,17-19H,4,7,10,12-14H2/t17-,18+,19-/m0/s1. The van der Waals surface area contributed by atoms with Gasteiger partial charge in [0.05, 0.1) is 18.4 Å². The largest absolute Gasteiger partial charge is 0.374 e. The maximum atomic E-state index is 6.20. The molecule has 2 aromatic rings. The quantitative estimate of drug-likeness (QED) is 0.845. The molecular formula is C19H23N3O2. The van der Waals surface area contributed by atoms with Gasteiger partial charge in [0.15, 0.2) is 0 Å². The first-order chi connectivity index (χ1) is 11.9. The summed E-state index contributed by atoms with van der Waals surface area (Å²) < 4.78 is 12.3. The molecule has 2 aliphatic heterocycles. The first-order valence-electron chi connectivity index (χ1n) is 8.66. The highest BCUT2D eigenvalue weighted by atomic mass is 16.5. The van der Waals surface area contributed by atoms with Crippen LogP contribution in [0.2, 0.25) is 0 Å². The zero-order valence-corrected chi connectivity index (χ0v) is 13.8. The molecule has 24 heavy (non-hydrogen) atoms. The molecule has 4 rings (SSSR count). The molecule has 0 unspecified atom stereocenters. The van der Waals surface area contributed by atoms with Crippen molar-refractivity contribution >= 4 is 0 Å². The van der Waals surface area contributed by atoms with Gasteiger partial charge in [-0.3, -0.25) is 14.9 Å². The van der Waals surface area contributed by atoms with Gasteiger partial charge in [0, 0.05) is 44.3 Å². The molecule has 2 aromatic heterocycles. The van der Waals surface area contributed by atoms with Crippen LogP contribution in [0.5, 0.6) is 0 Å². The molecule has 0 bridgehead atoms. The van der Waals surface area contributed by atoms with Crippen molar-refractivity contribution in [2.24, 2.45) is 0 Å². The van der Waals surface area contributed by atoms with Crippen LogP contribution in [-0.2, 0) is 22.6 Å². The van der Waals surface area contributed by atoms with Crippen molar-refractivity contribution in [3.8, 4) is 0 Å². The smallest absolute Gasteiger partial charge is 0.100 e. The number of hydrogen-bond donors (Lipinski definition) is 0. The molecule has 0 saturated carbocycles. The Morgan fingerprint density at radius 2 is 2.21 bits per heavy atom. The summed E-state index contributed by atoms with van der Waals surface area (Å²) in [6, 6.07) is 10.5. The minimum atomic E-state index is 0.110. The van der Waals surface area contributed by atoms with Crippen molar-refractivity contribution in [2.45, 2.75) is 44.2 Å². The fraction of sp³-hybridized carbons (Fsp3) is 0.474. The van der Waals surface area contributed by atoms with Gasteiger partial charge in [0.1, 0.15) is 6.10 Å². The van der Waals surface area contributed by atoms with Gasteiger partial charge in [0.2, 0.25) is 0 Å². The Hall–Kier alpha value is -1.82. The van der Waals surface area contributed by atoms with E-state index in [1.807, 2.05) is 36.7 Å². The van der Waals surface area contributed by atoms with Crippen LogP contribution in [0.4, 0.5) is 0 Å². The Labute approximate surface area is 142 Å². The molecule has 3 atom stereocenters. The van der Waals surface area contributed by atoms with E-state index in [-0.39, 0.29) is 12.2 Å². The fourth-order valence-electron chi connectivity index (χ4n) is 3.72. The van der Waals surface area contributed by atoms with Gasteiger partial charge in [0.25, 0.3) is 0 Å². The fourth-order valence-corrected chi connectivity index (χ4v) is 3.72. The molecule has 2 aliphatic rings. The SMILES string of the molecule is c1ccc(CN2C[C@@H](OCc3cccnc3)[C@H]3OCCC[C@@H]32)nc1. The second kappa shape index (κ2) is 7.38. The van der Waals surface area contributed by atoms with E-state index in [2.05, 4.69) is 20.9 Å². The van der Waals surface area contributed by atoms with Crippen LogP contribution >= 0.6 is 0 Å². The van der Waals surface area contributed by atoms with Crippen LogP contribution in [0.15, 0.2) is 48.9 Å². The predicted octanol–water partition coefficient (Wildman–Crippen LogP) is 2.43. The second-order valence-electron chi connectivity index (χ2n) is 6.51. The number of pyridine rings is 2. The summed E-state index contributed by atoms with van der Waals surface area (Å²) in [7, 11) is 0. The number of hydrogen-bond acceptors (Lipinski definition) is 5. The number of likely N-dealkylation sites (tertiary alicyclic amines) is 1. The van der Waals surface area contributed by atoms with Crippen molar-refractivity contribution in [3.63, 3.8) is 0 Å². The first kappa shape index (κ1) is 15.7. The molecule has 2 fully saturated rings. The molecule has 0 radical (unpaired) electrons. The summed E-state index contributed by atoms with van der Waals surface area (Å²) in [6.07, 6.45) is 8.07. The van der Waals surface area contributed by atoms with Crippen molar-refractivity contribution in [1.82, 2.24) is 14.9 Å². The topological polar surface area (TPSA) is 47.5 Å². The van der Waals surface area contributed by atoms with Gasteiger partial charge >= 0.3 is 0 Å². The van der Waals surface area contributed by atoms with Gasteiger partial charge in [-0.25, -0.2) is 0 Å². The summed E-state index contributed by atoms with van der Waals surface area (Å²) >= 11 is 0. The summed E-state index contributed by atoms with van der Waals surface area (Å²) in [4.78, 5) is 11.1. The van der Waals surface area contributed by atoms with Crippen LogP contribution in [0.25, 0.3) is 0 Å². The number of nitrogens with zero attached hydrogens (tertiary/aromatic N) is 3. The normalized spacial score (nSPS) is 27.1. The lowest BCUT2D eigenvalue weighted by Gasteiger charge is -2.32. The third-order valence-electron chi connectivity index (χ3n) is 4.86. The summed E-state index contributed by atoms with van der Waals surface area (Å²) in [6.45, 7) is 3.18. The molecule has 0 amide bonds. The van der Waals surface area contributed by atoms with Crippen LogP contribution in [0, 0.1) is 0 Å². The monoisotopic (exact) mass is 325 g/mol. The summed E-state index contributed by atoms with van der Waals surface area (Å²) in [5.74, 6) is 0. The van der Waals surface area contributed by atoms with Gasteiger partial charge in [-0.2, -0.15) is 0 Å². The van der Waals surface area contributed by atoms with Gasteiger partial charge in [-0.1, -0.05) is 12.1 Å². The molecule has 0 aromatic carbocycles. The minimum Gasteiger partial charge on any atom is -0.374 e. The lowest BCUT2D eigenvalue weighted by Crippen LogP contribution is -2.41. The minimum absolute atomic E-state index is 0.110. The Bertz CT molecular complexity index is 638. The highest BCUT2D eigenvalue weighted by Crippen LogP contribution is 2.32. The zero-order valence-electron chi connectivity index (χ0n) is 13.8. The van der Waals surface area contributed by atoms with E-state index in [1.54, 1.807) is 6.20 Å². The molecule has 0 aliphatic carbocycles. The van der Waals surface area contributed by atoms with E-state index < -0.39 is 0 Å². The number of rotatable bonds is 5. The third-order valence-corrected chi connectivity index (χ3v) is 4.86. The van der Waals surface area contributed by atoms with Gasteiger partial charge in [-0.05, 0) is 36.6 Å². The molecule has 2 saturated heterocycles. The van der Waals surface area contributed by atoms with Gasteiger partial charge < -0.3 is 9.47 Å². The summed E-state index contributed by atoms with van der Waals surface area (Å²) in [5, 5.41) is 0. The Morgan fingerprint density at radius 1 is 1.21 bits per heavy atom. The third kappa shape index (κ3) is 3.48. The van der Waals surface area contributed by atoms with E-state index in [9.17, 15) is 0 Å². The highest BCUT2D eigenvalue weighted by molar-refractivity contribution is 5.08. The maximum Gasteiger partial charge on any atom is 0.100 e. The molecule has 5 nitrogen and oxygen atoms in total. The molecule has 0 N–H and O–H groups in total. The van der Waals surface area contributed by atoms with Crippen LogP contribution in [0.1, 0.15) is 24.1 Å². The predicted molar refractivity (Wildman–Crippen MR) is 90.2 cm³/mol. The van der Waals surface area contributed by atoms with E-state index in [0.717, 1.165) is 37.4 Å². The summed E-state index contributed by atoms with van der Waals surface area (Å²) in [5.41, 5.74) is 2.21. The number of ether oxygens (including phenoxy) is 2. The van der Waals surface area contributed by atoms with Gasteiger partial charge in [-0.15, -0.1) is 0 Å². The van der Waals surface area contributed by atoms with E-state index in [4.69, 9.17) is 9.47 Å². The van der Waals surface area contributed by atoms with E-state index in [0.29, 0.717) is 12.6 Å². The van der Waals surface area contributed by atoms with E-state index >= 15 is 0 Å². The van der Waals surface area contributed by atoms with Crippen LogP contribution in [0.3, 0.4) is 0 Å².